The highest BCUT2D eigenvalue weighted by Gasteiger charge is 2.02. The van der Waals surface area contributed by atoms with E-state index in [1.54, 1.807) is 0 Å². The molecule has 4 nitrogen and oxygen atoms in total. The molecule has 0 bridgehead atoms. The van der Waals surface area contributed by atoms with Crippen molar-refractivity contribution in [3.05, 3.63) is 33.9 Å². The second-order valence-corrected chi connectivity index (χ2v) is 2.38. The Morgan fingerprint density at radius 2 is 2.55 bits per heavy atom. The average molecular weight is 150 g/mol. The number of hydrogen-bond donors (Lipinski definition) is 1. The van der Waals surface area contributed by atoms with Gasteiger partial charge >= 0.3 is 0 Å². The van der Waals surface area contributed by atoms with Crippen molar-refractivity contribution in [3.8, 4) is 0 Å². The maximum Gasteiger partial charge on any atom is 0.0527 e. The molecule has 0 unspecified atom stereocenters. The lowest BCUT2D eigenvalue weighted by atomic mass is 10.0. The van der Waals surface area contributed by atoms with E-state index in [0.717, 1.165) is 24.1 Å². The Kier molecular flexibility index (Phi) is 2.58. The van der Waals surface area contributed by atoms with Crippen molar-refractivity contribution in [3.63, 3.8) is 0 Å². The van der Waals surface area contributed by atoms with Gasteiger partial charge in [0.05, 0.1) is 6.54 Å². The molecule has 0 atom stereocenters. The lowest BCUT2D eigenvalue weighted by Crippen LogP contribution is -2.05. The third kappa shape index (κ3) is 2.02. The summed E-state index contributed by atoms with van der Waals surface area (Å²) in [5.41, 5.74) is 15.5. The van der Waals surface area contributed by atoms with Gasteiger partial charge < -0.3 is 5.73 Å². The van der Waals surface area contributed by atoms with Crippen LogP contribution in [0, 0.1) is 0 Å². The molecule has 0 aromatic carbocycles. The highest BCUT2D eigenvalue weighted by atomic mass is 15.1. The fraction of sp³-hybridized carbons (Fsp3) is 0.429. The lowest BCUT2D eigenvalue weighted by molar-refractivity contribution is 0.904. The fourth-order valence-corrected chi connectivity index (χ4v) is 0.994. The van der Waals surface area contributed by atoms with Crippen LogP contribution in [0.1, 0.15) is 12.8 Å². The van der Waals surface area contributed by atoms with Crippen molar-refractivity contribution in [1.82, 2.24) is 0 Å². The van der Waals surface area contributed by atoms with Crippen molar-refractivity contribution in [2.75, 3.05) is 6.54 Å². The van der Waals surface area contributed by atoms with Crippen LogP contribution in [0.3, 0.4) is 0 Å². The van der Waals surface area contributed by atoms with Crippen LogP contribution < -0.4 is 5.73 Å². The van der Waals surface area contributed by atoms with E-state index in [2.05, 4.69) is 10.0 Å². The monoisotopic (exact) mass is 150 g/mol. The zero-order valence-electron chi connectivity index (χ0n) is 6.20. The molecule has 58 valence electrons. The normalized spacial score (nSPS) is 16.4. The summed E-state index contributed by atoms with van der Waals surface area (Å²) < 4.78 is 0. The third-order valence-electron chi connectivity index (χ3n) is 1.62. The minimum absolute atomic E-state index is 0.374. The van der Waals surface area contributed by atoms with Crippen LogP contribution in [0.25, 0.3) is 10.4 Å². The molecule has 4 heteroatoms. The first kappa shape index (κ1) is 7.69. The van der Waals surface area contributed by atoms with E-state index in [9.17, 15) is 0 Å². The fourth-order valence-electron chi connectivity index (χ4n) is 0.994. The number of nitrogens with two attached hydrogens (primary N) is 1. The summed E-state index contributed by atoms with van der Waals surface area (Å²) in [5, 5.41) is 3.44. The minimum atomic E-state index is 0.374. The highest BCUT2D eigenvalue weighted by molar-refractivity contribution is 5.28. The zero-order chi connectivity index (χ0) is 8.10. The van der Waals surface area contributed by atoms with Crippen molar-refractivity contribution in [2.45, 2.75) is 12.8 Å². The molecular weight excluding hydrogens is 140 g/mol. The van der Waals surface area contributed by atoms with Gasteiger partial charge in [-0.2, -0.15) is 0 Å². The first-order valence-corrected chi connectivity index (χ1v) is 3.49. The Morgan fingerprint density at radius 3 is 3.18 bits per heavy atom. The van der Waals surface area contributed by atoms with Gasteiger partial charge in [0.25, 0.3) is 0 Å². The van der Waals surface area contributed by atoms with Crippen LogP contribution in [0.2, 0.25) is 0 Å². The van der Waals surface area contributed by atoms with E-state index in [-0.39, 0.29) is 0 Å². The van der Waals surface area contributed by atoms with Crippen LogP contribution in [0.15, 0.2) is 28.5 Å². The molecule has 0 aromatic rings. The molecule has 1 aliphatic rings. The van der Waals surface area contributed by atoms with E-state index >= 15 is 0 Å². The Balaban J connectivity index is 2.67. The third-order valence-corrected chi connectivity index (χ3v) is 1.62. The molecule has 11 heavy (non-hydrogen) atoms. The zero-order valence-corrected chi connectivity index (χ0v) is 6.20. The number of nitrogens with zero attached hydrogens (tertiary/aromatic N) is 3. The van der Waals surface area contributed by atoms with Crippen LogP contribution in [0.4, 0.5) is 0 Å². The van der Waals surface area contributed by atoms with E-state index < -0.39 is 0 Å². The van der Waals surface area contributed by atoms with Crippen molar-refractivity contribution < 1.29 is 0 Å². The van der Waals surface area contributed by atoms with Gasteiger partial charge in [0.2, 0.25) is 0 Å². The second-order valence-electron chi connectivity index (χ2n) is 2.38. The summed E-state index contributed by atoms with van der Waals surface area (Å²) in [6.07, 6.45) is 5.84. The Labute approximate surface area is 65.0 Å². The largest absolute Gasteiger partial charge is 0.402 e. The molecule has 0 fully saturated rings. The van der Waals surface area contributed by atoms with Gasteiger partial charge in [0.15, 0.2) is 0 Å². The predicted octanol–water partition coefficient (Wildman–Crippen LogP) is 1.86. The quantitative estimate of drug-likeness (QED) is 0.364. The molecule has 0 amide bonds. The van der Waals surface area contributed by atoms with Gasteiger partial charge in [0.1, 0.15) is 0 Å². The van der Waals surface area contributed by atoms with Crippen LogP contribution >= 0.6 is 0 Å². The van der Waals surface area contributed by atoms with Crippen LogP contribution in [0.5, 0.6) is 0 Å². The molecule has 0 radical (unpaired) electrons. The number of rotatable bonds is 2. The SMILES string of the molecule is [N-]=[N+]=NCC1=C(N)CCC=C1. The molecule has 0 saturated carbocycles. The van der Waals surface area contributed by atoms with Crippen molar-refractivity contribution >= 4 is 0 Å². The molecule has 0 saturated heterocycles. The van der Waals surface area contributed by atoms with Gasteiger partial charge in [-0.25, -0.2) is 0 Å². The van der Waals surface area contributed by atoms with E-state index in [1.807, 2.05) is 12.2 Å². The maximum absolute atomic E-state index is 8.05. The standard InChI is InChI=1S/C7H10N4/c8-7-4-2-1-3-6(7)5-10-11-9/h1,3H,2,4-5,8H2. The summed E-state index contributed by atoms with van der Waals surface area (Å²) in [4.78, 5) is 2.67. The summed E-state index contributed by atoms with van der Waals surface area (Å²) in [6.45, 7) is 0.374. The average Bonchev–Trinajstić information content (AvgIpc) is 2.03. The molecular formula is C7H10N4. The van der Waals surface area contributed by atoms with Gasteiger partial charge in [-0.1, -0.05) is 17.3 Å². The molecule has 0 aromatic heterocycles. The number of allylic oxidation sites excluding steroid dienone is 2. The lowest BCUT2D eigenvalue weighted by Gasteiger charge is -2.08. The smallest absolute Gasteiger partial charge is 0.0527 e. The van der Waals surface area contributed by atoms with E-state index in [1.165, 1.54) is 0 Å². The molecule has 1 rings (SSSR count). The first-order valence-electron chi connectivity index (χ1n) is 3.49. The van der Waals surface area contributed by atoms with Crippen molar-refractivity contribution in [1.29, 1.82) is 0 Å². The Bertz CT molecular complexity index is 245. The predicted molar refractivity (Wildman–Crippen MR) is 43.6 cm³/mol. The van der Waals surface area contributed by atoms with E-state index in [0.29, 0.717) is 6.54 Å². The van der Waals surface area contributed by atoms with Gasteiger partial charge in [-0.05, 0) is 23.9 Å². The molecule has 0 heterocycles. The first-order chi connectivity index (χ1) is 5.34. The summed E-state index contributed by atoms with van der Waals surface area (Å²) in [6, 6.07) is 0. The topological polar surface area (TPSA) is 74.8 Å². The number of hydrogen-bond acceptors (Lipinski definition) is 2. The van der Waals surface area contributed by atoms with Crippen LogP contribution in [-0.2, 0) is 0 Å². The van der Waals surface area contributed by atoms with Gasteiger partial charge in [-0.3, -0.25) is 0 Å². The maximum atomic E-state index is 8.05. The summed E-state index contributed by atoms with van der Waals surface area (Å²) in [5.74, 6) is 0. The Hall–Kier alpha value is -1.41. The van der Waals surface area contributed by atoms with Crippen LogP contribution in [-0.4, -0.2) is 6.54 Å². The number of azide groups is 1. The second kappa shape index (κ2) is 3.68. The molecule has 1 aliphatic carbocycles. The molecule has 0 spiro atoms. The highest BCUT2D eigenvalue weighted by Crippen LogP contribution is 2.14. The van der Waals surface area contributed by atoms with E-state index in [4.69, 9.17) is 11.3 Å². The minimum Gasteiger partial charge on any atom is -0.402 e. The van der Waals surface area contributed by atoms with Gasteiger partial charge in [0, 0.05) is 10.6 Å². The Morgan fingerprint density at radius 1 is 1.73 bits per heavy atom. The van der Waals surface area contributed by atoms with Crippen molar-refractivity contribution in [2.24, 2.45) is 10.8 Å². The summed E-state index contributed by atoms with van der Waals surface area (Å²) in [7, 11) is 0. The van der Waals surface area contributed by atoms with Gasteiger partial charge in [-0.15, -0.1) is 0 Å². The summed E-state index contributed by atoms with van der Waals surface area (Å²) >= 11 is 0. The molecule has 2 N–H and O–H groups in total. The molecule has 0 aliphatic heterocycles.